The number of aliphatic hydroxyl groups is 1. The van der Waals surface area contributed by atoms with Gasteiger partial charge in [-0.05, 0) is 49.1 Å². The van der Waals surface area contributed by atoms with Gasteiger partial charge in [0.05, 0.1) is 18.2 Å². The Labute approximate surface area is 198 Å². The Kier molecular flexibility index (Phi) is 6.16. The first-order chi connectivity index (χ1) is 16.2. The second-order valence-corrected chi connectivity index (χ2v) is 8.03. The molecule has 0 saturated heterocycles. The Hall–Kier alpha value is -3.69. The smallest absolute Gasteiger partial charge is 0.350 e. The zero-order valence-corrected chi connectivity index (χ0v) is 19.6. The summed E-state index contributed by atoms with van der Waals surface area (Å²) in [6.07, 6.45) is 1.57. The molecule has 0 radical (unpaired) electrons. The Morgan fingerprint density at radius 2 is 1.97 bits per heavy atom. The van der Waals surface area contributed by atoms with E-state index < -0.39 is 23.7 Å². The molecule has 0 saturated carbocycles. The van der Waals surface area contributed by atoms with E-state index in [0.29, 0.717) is 28.0 Å². The molecule has 0 bridgehead atoms. The maximum atomic E-state index is 15.3. The minimum atomic E-state index is -0.820. The highest BCUT2D eigenvalue weighted by atomic mass is 35.5. The third-order valence-corrected chi connectivity index (χ3v) is 5.97. The van der Waals surface area contributed by atoms with Crippen LogP contribution in [-0.4, -0.2) is 31.1 Å². The number of aliphatic hydroxyl groups excluding tert-OH is 1. The zero-order valence-electron chi connectivity index (χ0n) is 18.8. The lowest BCUT2D eigenvalue weighted by atomic mass is 10.0. The molecule has 2 aromatic heterocycles. The number of hydrogen-bond donors (Lipinski definition) is 1. The van der Waals surface area contributed by atoms with Crippen molar-refractivity contribution in [2.45, 2.75) is 27.0 Å². The van der Waals surface area contributed by atoms with Crippen molar-refractivity contribution in [3.05, 3.63) is 86.2 Å². The number of nitrogens with zero attached hydrogens (tertiary/aromatic N) is 4. The highest BCUT2D eigenvalue weighted by Crippen LogP contribution is 2.32. The summed E-state index contributed by atoms with van der Waals surface area (Å²) in [6.45, 7) is 7.24. The fourth-order valence-corrected chi connectivity index (χ4v) is 4.20. The van der Waals surface area contributed by atoms with Crippen LogP contribution >= 0.6 is 11.6 Å². The molecule has 4 aromatic rings. The minimum Gasteiger partial charge on any atom is -0.495 e. The molecule has 34 heavy (non-hydrogen) atoms. The van der Waals surface area contributed by atoms with Crippen LogP contribution in [-0.2, 0) is 13.2 Å². The van der Waals surface area contributed by atoms with Crippen LogP contribution in [0.3, 0.4) is 0 Å². The van der Waals surface area contributed by atoms with Crippen LogP contribution in [0.25, 0.3) is 27.7 Å². The molecule has 0 fully saturated rings. The van der Waals surface area contributed by atoms with E-state index in [9.17, 15) is 14.7 Å². The number of halogens is 2. The SMILES string of the molecule is C=C(C)c1cn(-c2cccc(OC)c2Cl)c(=O)c2cc(F)c(-n3nc(CO)n(CC)c3=O)cc12. The summed E-state index contributed by atoms with van der Waals surface area (Å²) in [7, 11) is 1.47. The largest absolute Gasteiger partial charge is 0.495 e. The number of allylic oxidation sites excluding steroid dienone is 1. The summed E-state index contributed by atoms with van der Waals surface area (Å²) in [5.41, 5.74) is 0.281. The first-order valence-electron chi connectivity index (χ1n) is 10.4. The topological polar surface area (TPSA) is 91.3 Å². The van der Waals surface area contributed by atoms with Crippen molar-refractivity contribution in [1.29, 1.82) is 0 Å². The first-order valence-corrected chi connectivity index (χ1v) is 10.8. The fourth-order valence-electron chi connectivity index (χ4n) is 3.90. The Bertz CT molecular complexity index is 1570. The van der Waals surface area contributed by atoms with Crippen LogP contribution in [0.15, 0.2) is 52.7 Å². The molecule has 176 valence electrons. The molecule has 0 aliphatic carbocycles. The van der Waals surface area contributed by atoms with Gasteiger partial charge in [-0.3, -0.25) is 13.9 Å². The van der Waals surface area contributed by atoms with Crippen molar-refractivity contribution in [3.63, 3.8) is 0 Å². The molecule has 0 amide bonds. The molecule has 0 atom stereocenters. The zero-order chi connectivity index (χ0) is 24.7. The van der Waals surface area contributed by atoms with E-state index in [1.54, 1.807) is 38.2 Å². The van der Waals surface area contributed by atoms with Gasteiger partial charge >= 0.3 is 5.69 Å². The molecule has 0 aliphatic heterocycles. The van der Waals surface area contributed by atoms with Crippen molar-refractivity contribution in [3.8, 4) is 17.1 Å². The summed E-state index contributed by atoms with van der Waals surface area (Å²) in [5.74, 6) is -0.329. The van der Waals surface area contributed by atoms with Crippen LogP contribution in [0.5, 0.6) is 5.75 Å². The molecule has 4 rings (SSSR count). The van der Waals surface area contributed by atoms with E-state index in [-0.39, 0.29) is 28.5 Å². The van der Waals surface area contributed by atoms with E-state index in [1.165, 1.54) is 22.3 Å². The summed E-state index contributed by atoms with van der Waals surface area (Å²) >= 11 is 6.45. The molecule has 10 heteroatoms. The number of methoxy groups -OCH3 is 1. The number of ether oxygens (including phenoxy) is 1. The van der Waals surface area contributed by atoms with Crippen LogP contribution in [0.1, 0.15) is 25.2 Å². The van der Waals surface area contributed by atoms with Crippen molar-refractivity contribution < 1.29 is 14.2 Å². The van der Waals surface area contributed by atoms with E-state index in [2.05, 4.69) is 11.7 Å². The summed E-state index contributed by atoms with van der Waals surface area (Å²) < 4.78 is 24.0. The first kappa shape index (κ1) is 23.5. The van der Waals surface area contributed by atoms with E-state index in [1.807, 2.05) is 0 Å². The van der Waals surface area contributed by atoms with Crippen molar-refractivity contribution in [2.75, 3.05) is 7.11 Å². The third-order valence-electron chi connectivity index (χ3n) is 5.59. The van der Waals surface area contributed by atoms with Crippen LogP contribution in [0, 0.1) is 5.82 Å². The fraction of sp³-hybridized carbons (Fsp3) is 0.208. The second-order valence-electron chi connectivity index (χ2n) is 7.65. The maximum absolute atomic E-state index is 15.3. The molecule has 0 aliphatic rings. The van der Waals surface area contributed by atoms with Crippen LogP contribution in [0.2, 0.25) is 5.02 Å². The average Bonchev–Trinajstić information content (AvgIpc) is 3.14. The van der Waals surface area contributed by atoms with Gasteiger partial charge < -0.3 is 9.84 Å². The molecule has 8 nitrogen and oxygen atoms in total. The maximum Gasteiger partial charge on any atom is 0.350 e. The number of fused-ring (bicyclic) bond motifs is 1. The lowest BCUT2D eigenvalue weighted by molar-refractivity contribution is 0.264. The summed E-state index contributed by atoms with van der Waals surface area (Å²) in [6, 6.07) is 7.47. The van der Waals surface area contributed by atoms with E-state index in [4.69, 9.17) is 16.3 Å². The van der Waals surface area contributed by atoms with Crippen molar-refractivity contribution in [2.24, 2.45) is 0 Å². The molecular formula is C24H22ClFN4O4. The molecule has 2 heterocycles. The van der Waals surface area contributed by atoms with Gasteiger partial charge in [-0.25, -0.2) is 9.18 Å². The average molecular weight is 485 g/mol. The van der Waals surface area contributed by atoms with Gasteiger partial charge in [0.25, 0.3) is 5.56 Å². The van der Waals surface area contributed by atoms with Crippen molar-refractivity contribution >= 4 is 27.9 Å². The minimum absolute atomic E-state index is 0.0750. The van der Waals surface area contributed by atoms with Gasteiger partial charge in [0, 0.05) is 18.3 Å². The number of aromatic nitrogens is 4. The van der Waals surface area contributed by atoms with Gasteiger partial charge in [0.2, 0.25) is 0 Å². The molecule has 1 N–H and O–H groups in total. The molecular weight excluding hydrogens is 463 g/mol. The van der Waals surface area contributed by atoms with Crippen LogP contribution in [0.4, 0.5) is 4.39 Å². The predicted octanol–water partition coefficient (Wildman–Crippen LogP) is 3.68. The van der Waals surface area contributed by atoms with Gasteiger partial charge in [-0.15, -0.1) is 5.10 Å². The van der Waals surface area contributed by atoms with Gasteiger partial charge in [0.15, 0.2) is 5.82 Å². The quantitative estimate of drug-likeness (QED) is 0.451. The lowest BCUT2D eigenvalue weighted by Gasteiger charge is -2.16. The molecule has 0 unspecified atom stereocenters. The number of rotatable bonds is 6. The number of pyridine rings is 1. The van der Waals surface area contributed by atoms with Crippen molar-refractivity contribution in [1.82, 2.24) is 18.9 Å². The summed E-state index contributed by atoms with van der Waals surface area (Å²) in [5, 5.41) is 14.3. The molecule has 2 aromatic carbocycles. The number of benzene rings is 2. The lowest BCUT2D eigenvalue weighted by Crippen LogP contribution is -2.25. The van der Waals surface area contributed by atoms with Gasteiger partial charge in [-0.2, -0.15) is 4.68 Å². The van der Waals surface area contributed by atoms with E-state index in [0.717, 1.165) is 10.7 Å². The molecule has 0 spiro atoms. The monoisotopic (exact) mass is 484 g/mol. The summed E-state index contributed by atoms with van der Waals surface area (Å²) in [4.78, 5) is 26.2. The standard InChI is InChI=1S/C24H22ClFN4O4/c1-5-28-21(12-31)27-30(24(28)33)19-10-14-15(9-17(19)26)23(32)29(11-16(14)13(2)3)18-7-6-8-20(34-4)22(18)25/h6-11,31H,2,5,12H2,1,3-4H3. The second kappa shape index (κ2) is 8.92. The van der Waals surface area contributed by atoms with E-state index >= 15 is 4.39 Å². The van der Waals surface area contributed by atoms with Crippen LogP contribution < -0.4 is 16.0 Å². The normalized spacial score (nSPS) is 11.2. The number of hydrogen-bond acceptors (Lipinski definition) is 5. The third kappa shape index (κ3) is 3.63. The highest BCUT2D eigenvalue weighted by molar-refractivity contribution is 6.33. The Balaban J connectivity index is 2.06. The predicted molar refractivity (Wildman–Crippen MR) is 129 cm³/mol. The van der Waals surface area contributed by atoms with Gasteiger partial charge in [0.1, 0.15) is 28.9 Å². The Morgan fingerprint density at radius 1 is 1.24 bits per heavy atom. The highest BCUT2D eigenvalue weighted by Gasteiger charge is 2.20. The Morgan fingerprint density at radius 3 is 2.56 bits per heavy atom. The van der Waals surface area contributed by atoms with Gasteiger partial charge in [-0.1, -0.05) is 24.2 Å².